The Labute approximate surface area is 106 Å². The SMILES string of the molecule is COc1c(CCCC(=O)O)ccc2c1ccn2C. The molecule has 96 valence electrons. The van der Waals surface area contributed by atoms with Crippen molar-refractivity contribution in [3.63, 3.8) is 0 Å². The van der Waals surface area contributed by atoms with Gasteiger partial charge in [0.2, 0.25) is 0 Å². The molecule has 18 heavy (non-hydrogen) atoms. The summed E-state index contributed by atoms with van der Waals surface area (Å²) >= 11 is 0. The third-order valence-electron chi connectivity index (χ3n) is 3.14. The van der Waals surface area contributed by atoms with E-state index >= 15 is 0 Å². The number of aliphatic carboxylic acids is 1. The molecule has 0 bridgehead atoms. The molecule has 2 aromatic rings. The second-order valence-corrected chi connectivity index (χ2v) is 4.36. The molecule has 0 aliphatic heterocycles. The number of methoxy groups -OCH3 is 1. The standard InChI is InChI=1S/C14H17NO3/c1-15-9-8-11-12(15)7-6-10(14(11)18-2)4-3-5-13(16)17/h6-9H,3-5H2,1-2H3,(H,16,17). The van der Waals surface area contributed by atoms with Crippen LogP contribution in [0.4, 0.5) is 0 Å². The maximum atomic E-state index is 10.5. The summed E-state index contributed by atoms with van der Waals surface area (Å²) in [4.78, 5) is 10.5. The third kappa shape index (κ3) is 2.32. The quantitative estimate of drug-likeness (QED) is 0.883. The first-order valence-corrected chi connectivity index (χ1v) is 5.96. The number of carboxylic acid groups (broad SMARTS) is 1. The van der Waals surface area contributed by atoms with Crippen molar-refractivity contribution in [3.05, 3.63) is 30.0 Å². The number of aromatic nitrogens is 1. The van der Waals surface area contributed by atoms with Crippen molar-refractivity contribution >= 4 is 16.9 Å². The first-order valence-electron chi connectivity index (χ1n) is 5.96. The Morgan fingerprint density at radius 3 is 2.83 bits per heavy atom. The van der Waals surface area contributed by atoms with E-state index in [0.717, 1.165) is 28.6 Å². The van der Waals surface area contributed by atoms with Gasteiger partial charge in [-0.15, -0.1) is 0 Å². The van der Waals surface area contributed by atoms with Crippen LogP contribution in [0.25, 0.3) is 10.9 Å². The summed E-state index contributed by atoms with van der Waals surface area (Å²) in [7, 11) is 3.65. The molecule has 0 saturated carbocycles. The molecule has 0 spiro atoms. The fraction of sp³-hybridized carbons (Fsp3) is 0.357. The number of aryl methyl sites for hydroxylation is 2. The highest BCUT2D eigenvalue weighted by molar-refractivity contribution is 5.87. The minimum Gasteiger partial charge on any atom is -0.496 e. The molecule has 0 aliphatic rings. The number of fused-ring (bicyclic) bond motifs is 1. The lowest BCUT2D eigenvalue weighted by atomic mass is 10.0. The summed E-state index contributed by atoms with van der Waals surface area (Å²) in [5, 5.41) is 9.74. The van der Waals surface area contributed by atoms with Crippen molar-refractivity contribution in [2.45, 2.75) is 19.3 Å². The highest BCUT2D eigenvalue weighted by atomic mass is 16.5. The highest BCUT2D eigenvalue weighted by Crippen LogP contribution is 2.31. The van der Waals surface area contributed by atoms with Gasteiger partial charge >= 0.3 is 5.97 Å². The molecular weight excluding hydrogens is 230 g/mol. The Morgan fingerprint density at radius 1 is 1.39 bits per heavy atom. The second-order valence-electron chi connectivity index (χ2n) is 4.36. The molecule has 0 saturated heterocycles. The van der Waals surface area contributed by atoms with Gasteiger partial charge in [0, 0.05) is 25.1 Å². The second kappa shape index (κ2) is 5.12. The molecule has 1 aromatic carbocycles. The van der Waals surface area contributed by atoms with Crippen LogP contribution >= 0.6 is 0 Å². The van der Waals surface area contributed by atoms with Crippen molar-refractivity contribution < 1.29 is 14.6 Å². The minimum atomic E-state index is -0.755. The number of ether oxygens (including phenoxy) is 1. The average Bonchev–Trinajstić information content (AvgIpc) is 2.70. The van der Waals surface area contributed by atoms with Crippen molar-refractivity contribution in [2.24, 2.45) is 7.05 Å². The maximum absolute atomic E-state index is 10.5. The van der Waals surface area contributed by atoms with E-state index in [1.54, 1.807) is 7.11 Å². The van der Waals surface area contributed by atoms with Crippen LogP contribution in [0.1, 0.15) is 18.4 Å². The van der Waals surface area contributed by atoms with Crippen LogP contribution in [0.5, 0.6) is 5.75 Å². The fourth-order valence-electron chi connectivity index (χ4n) is 2.24. The summed E-state index contributed by atoms with van der Waals surface area (Å²) in [5.74, 6) is 0.105. The molecule has 4 nitrogen and oxygen atoms in total. The zero-order valence-electron chi connectivity index (χ0n) is 10.6. The van der Waals surface area contributed by atoms with Crippen LogP contribution in [0.2, 0.25) is 0 Å². The van der Waals surface area contributed by atoms with Gasteiger partial charge in [0.05, 0.1) is 12.6 Å². The molecule has 4 heteroatoms. The van der Waals surface area contributed by atoms with E-state index in [1.807, 2.05) is 36.0 Å². The highest BCUT2D eigenvalue weighted by Gasteiger charge is 2.10. The largest absolute Gasteiger partial charge is 0.496 e. The van der Waals surface area contributed by atoms with Gasteiger partial charge in [-0.2, -0.15) is 0 Å². The van der Waals surface area contributed by atoms with Crippen molar-refractivity contribution in [1.29, 1.82) is 0 Å². The topological polar surface area (TPSA) is 51.5 Å². The van der Waals surface area contributed by atoms with Crippen molar-refractivity contribution in [1.82, 2.24) is 4.57 Å². The molecule has 1 N–H and O–H groups in total. The molecule has 1 aromatic heterocycles. The lowest BCUT2D eigenvalue weighted by molar-refractivity contribution is -0.137. The van der Waals surface area contributed by atoms with Gasteiger partial charge in [0.1, 0.15) is 5.75 Å². The molecule has 0 aliphatic carbocycles. The van der Waals surface area contributed by atoms with E-state index in [-0.39, 0.29) is 6.42 Å². The number of carboxylic acids is 1. The van der Waals surface area contributed by atoms with Crippen LogP contribution in [-0.4, -0.2) is 22.8 Å². The van der Waals surface area contributed by atoms with E-state index in [1.165, 1.54) is 0 Å². The molecule has 1 heterocycles. The first-order chi connectivity index (χ1) is 8.63. The van der Waals surface area contributed by atoms with Gasteiger partial charge < -0.3 is 14.4 Å². The lowest BCUT2D eigenvalue weighted by Gasteiger charge is -2.10. The van der Waals surface area contributed by atoms with E-state index in [0.29, 0.717) is 6.42 Å². The van der Waals surface area contributed by atoms with Crippen LogP contribution in [0.3, 0.4) is 0 Å². The predicted octanol–water partition coefficient (Wildman–Crippen LogP) is 2.59. The molecule has 2 rings (SSSR count). The number of benzene rings is 1. The monoisotopic (exact) mass is 247 g/mol. The Balaban J connectivity index is 2.30. The number of rotatable bonds is 5. The zero-order chi connectivity index (χ0) is 13.1. The Kier molecular flexibility index (Phi) is 3.55. The van der Waals surface area contributed by atoms with Crippen LogP contribution in [0.15, 0.2) is 24.4 Å². The predicted molar refractivity (Wildman–Crippen MR) is 70.0 cm³/mol. The number of hydrogen-bond donors (Lipinski definition) is 1. The summed E-state index contributed by atoms with van der Waals surface area (Å²) in [6.45, 7) is 0. The maximum Gasteiger partial charge on any atom is 0.303 e. The van der Waals surface area contributed by atoms with Crippen molar-refractivity contribution in [3.8, 4) is 5.75 Å². The molecule has 0 atom stereocenters. The Hall–Kier alpha value is -1.97. The lowest BCUT2D eigenvalue weighted by Crippen LogP contribution is -1.98. The molecule has 0 fully saturated rings. The summed E-state index contributed by atoms with van der Waals surface area (Å²) in [6, 6.07) is 6.09. The minimum absolute atomic E-state index is 0.190. The van der Waals surface area contributed by atoms with Crippen LogP contribution in [-0.2, 0) is 18.3 Å². The molecule has 0 radical (unpaired) electrons. The third-order valence-corrected chi connectivity index (χ3v) is 3.14. The van der Waals surface area contributed by atoms with Crippen LogP contribution in [0, 0.1) is 0 Å². The van der Waals surface area contributed by atoms with E-state index in [9.17, 15) is 4.79 Å². The summed E-state index contributed by atoms with van der Waals surface area (Å²) < 4.78 is 7.51. The normalized spacial score (nSPS) is 10.8. The summed E-state index contributed by atoms with van der Waals surface area (Å²) in [5.41, 5.74) is 2.19. The Bertz CT molecular complexity index is 572. The van der Waals surface area contributed by atoms with Gasteiger partial charge in [-0.25, -0.2) is 0 Å². The van der Waals surface area contributed by atoms with E-state index in [4.69, 9.17) is 9.84 Å². The molecule has 0 unspecified atom stereocenters. The molecular formula is C14H17NO3. The average molecular weight is 247 g/mol. The van der Waals surface area contributed by atoms with Gasteiger partial charge in [-0.1, -0.05) is 6.07 Å². The van der Waals surface area contributed by atoms with Crippen LogP contribution < -0.4 is 4.74 Å². The number of carbonyl (C=O) groups is 1. The summed E-state index contributed by atoms with van der Waals surface area (Å²) in [6.07, 6.45) is 3.54. The number of hydrogen-bond acceptors (Lipinski definition) is 2. The van der Waals surface area contributed by atoms with Gasteiger partial charge in [-0.3, -0.25) is 4.79 Å². The van der Waals surface area contributed by atoms with E-state index in [2.05, 4.69) is 0 Å². The number of nitrogens with zero attached hydrogens (tertiary/aromatic N) is 1. The van der Waals surface area contributed by atoms with E-state index < -0.39 is 5.97 Å². The fourth-order valence-corrected chi connectivity index (χ4v) is 2.24. The molecule has 0 amide bonds. The van der Waals surface area contributed by atoms with Gasteiger partial charge in [-0.05, 0) is 30.5 Å². The van der Waals surface area contributed by atoms with Gasteiger partial charge in [0.25, 0.3) is 0 Å². The Morgan fingerprint density at radius 2 is 2.17 bits per heavy atom. The van der Waals surface area contributed by atoms with Crippen molar-refractivity contribution in [2.75, 3.05) is 7.11 Å². The smallest absolute Gasteiger partial charge is 0.303 e. The first kappa shape index (κ1) is 12.5. The zero-order valence-corrected chi connectivity index (χ0v) is 10.6. The van der Waals surface area contributed by atoms with Gasteiger partial charge in [0.15, 0.2) is 0 Å².